The lowest BCUT2D eigenvalue weighted by Gasteiger charge is -2.35. The highest BCUT2D eigenvalue weighted by Gasteiger charge is 2.27. The quantitative estimate of drug-likeness (QED) is 0.378. The van der Waals surface area contributed by atoms with Gasteiger partial charge in [0.05, 0.1) is 12.2 Å². The molecular formula is C26H29N3OS. The van der Waals surface area contributed by atoms with Gasteiger partial charge in [0.1, 0.15) is 6.61 Å². The number of nitrogens with zero attached hydrogens (tertiary/aromatic N) is 3. The molecule has 160 valence electrons. The van der Waals surface area contributed by atoms with E-state index in [0.29, 0.717) is 12.5 Å². The van der Waals surface area contributed by atoms with Crippen LogP contribution < -0.4 is 9.64 Å². The summed E-state index contributed by atoms with van der Waals surface area (Å²) in [5.41, 5.74) is 7.91. The van der Waals surface area contributed by atoms with Crippen molar-refractivity contribution < 1.29 is 4.74 Å². The number of rotatable bonds is 5. The first-order valence-corrected chi connectivity index (χ1v) is 12.4. The molecule has 0 bridgehead atoms. The minimum atomic E-state index is 0.533. The zero-order valence-corrected chi connectivity index (χ0v) is 19.1. The zero-order valence-electron chi connectivity index (χ0n) is 18.3. The number of thioether (sulfide) groups is 1. The number of aromatic nitrogens is 2. The Morgan fingerprint density at radius 1 is 1.06 bits per heavy atom. The Morgan fingerprint density at radius 3 is 2.77 bits per heavy atom. The van der Waals surface area contributed by atoms with Gasteiger partial charge >= 0.3 is 0 Å². The van der Waals surface area contributed by atoms with Gasteiger partial charge in [-0.05, 0) is 60.6 Å². The van der Waals surface area contributed by atoms with Crippen molar-refractivity contribution in [2.24, 2.45) is 0 Å². The molecule has 1 atom stereocenters. The van der Waals surface area contributed by atoms with Gasteiger partial charge < -0.3 is 9.64 Å². The summed E-state index contributed by atoms with van der Waals surface area (Å²) in [6.07, 6.45) is 6.72. The molecule has 5 rings (SSSR count). The highest BCUT2D eigenvalue weighted by Crippen LogP contribution is 2.40. The monoisotopic (exact) mass is 431 g/mol. The molecule has 2 heterocycles. The average Bonchev–Trinajstić information content (AvgIpc) is 2.82. The van der Waals surface area contributed by atoms with Crippen molar-refractivity contribution in [1.82, 2.24) is 9.97 Å². The number of hydrogen-bond acceptors (Lipinski definition) is 5. The van der Waals surface area contributed by atoms with Gasteiger partial charge in [0.15, 0.2) is 5.16 Å². The number of anilines is 1. The number of benzene rings is 2. The first-order valence-electron chi connectivity index (χ1n) is 11.2. The minimum absolute atomic E-state index is 0.533. The molecule has 1 aromatic heterocycles. The van der Waals surface area contributed by atoms with Crippen LogP contribution in [0.1, 0.15) is 53.6 Å². The van der Waals surface area contributed by atoms with Crippen molar-refractivity contribution in [3.8, 4) is 5.88 Å². The Kier molecular flexibility index (Phi) is 5.86. The molecular weight excluding hydrogens is 402 g/mol. The van der Waals surface area contributed by atoms with E-state index in [1.807, 2.05) is 24.5 Å². The third kappa shape index (κ3) is 4.16. The fourth-order valence-corrected chi connectivity index (χ4v) is 5.30. The van der Waals surface area contributed by atoms with Crippen LogP contribution in [0.3, 0.4) is 0 Å². The molecule has 1 aliphatic carbocycles. The SMILES string of the molecule is CSc1nc2c(c(OCc3ccccc3)n1)CCN(c1cccc3c1C(C)CCC3)C2. The standard InChI is InChI=1S/C26H29N3OS/c1-18-8-6-11-20-12-7-13-23(24(18)20)29-15-14-21-22(16-29)27-26(31-2)28-25(21)30-17-19-9-4-3-5-10-19/h3-5,7,9-10,12-13,18H,6,8,11,14-17H2,1-2H3. The zero-order chi connectivity index (χ0) is 21.2. The fourth-order valence-electron chi connectivity index (χ4n) is 4.92. The van der Waals surface area contributed by atoms with Crippen LogP contribution in [0.15, 0.2) is 53.7 Å². The van der Waals surface area contributed by atoms with E-state index in [2.05, 4.69) is 42.2 Å². The fraction of sp³-hybridized carbons (Fsp3) is 0.385. The number of fused-ring (bicyclic) bond motifs is 2. The maximum absolute atomic E-state index is 6.20. The van der Waals surface area contributed by atoms with E-state index < -0.39 is 0 Å². The van der Waals surface area contributed by atoms with E-state index in [9.17, 15) is 0 Å². The van der Waals surface area contributed by atoms with Gasteiger partial charge in [-0.1, -0.05) is 61.2 Å². The molecule has 5 heteroatoms. The van der Waals surface area contributed by atoms with Crippen molar-refractivity contribution >= 4 is 17.4 Å². The van der Waals surface area contributed by atoms with E-state index in [4.69, 9.17) is 14.7 Å². The summed E-state index contributed by atoms with van der Waals surface area (Å²) in [7, 11) is 0. The highest BCUT2D eigenvalue weighted by molar-refractivity contribution is 7.98. The van der Waals surface area contributed by atoms with Crippen LogP contribution in [0, 0.1) is 0 Å². The molecule has 0 spiro atoms. The molecule has 0 fully saturated rings. The predicted octanol–water partition coefficient (Wildman–Crippen LogP) is 5.78. The van der Waals surface area contributed by atoms with Crippen molar-refractivity contribution in [2.45, 2.75) is 56.8 Å². The Labute approximate surface area is 189 Å². The molecule has 3 aromatic rings. The second-order valence-corrected chi connectivity index (χ2v) is 9.30. The van der Waals surface area contributed by atoms with Crippen LogP contribution >= 0.6 is 11.8 Å². The molecule has 2 aliphatic rings. The lowest BCUT2D eigenvalue weighted by atomic mass is 9.82. The third-order valence-electron chi connectivity index (χ3n) is 6.50. The first-order chi connectivity index (χ1) is 15.2. The molecule has 31 heavy (non-hydrogen) atoms. The molecule has 1 unspecified atom stereocenters. The molecule has 0 N–H and O–H groups in total. The van der Waals surface area contributed by atoms with Gasteiger partial charge in [-0.2, -0.15) is 4.98 Å². The Bertz CT molecular complexity index is 1070. The largest absolute Gasteiger partial charge is 0.472 e. The topological polar surface area (TPSA) is 38.3 Å². The lowest BCUT2D eigenvalue weighted by Crippen LogP contribution is -2.33. The molecule has 0 radical (unpaired) electrons. The third-order valence-corrected chi connectivity index (χ3v) is 7.05. The summed E-state index contributed by atoms with van der Waals surface area (Å²) in [6, 6.07) is 17.1. The highest BCUT2D eigenvalue weighted by atomic mass is 32.2. The van der Waals surface area contributed by atoms with Crippen LogP contribution in [0.4, 0.5) is 5.69 Å². The van der Waals surface area contributed by atoms with Crippen LogP contribution in [0.25, 0.3) is 0 Å². The Balaban J connectivity index is 1.44. The lowest BCUT2D eigenvalue weighted by molar-refractivity contribution is 0.285. The van der Waals surface area contributed by atoms with E-state index in [1.165, 1.54) is 36.1 Å². The van der Waals surface area contributed by atoms with Gasteiger partial charge in [-0.3, -0.25) is 0 Å². The summed E-state index contributed by atoms with van der Waals surface area (Å²) >= 11 is 1.58. The van der Waals surface area contributed by atoms with Crippen LogP contribution in [0.5, 0.6) is 5.88 Å². The molecule has 2 aromatic carbocycles. The molecule has 0 amide bonds. The smallest absolute Gasteiger partial charge is 0.221 e. The summed E-state index contributed by atoms with van der Waals surface area (Å²) in [5, 5.41) is 0.784. The number of aryl methyl sites for hydroxylation is 1. The Morgan fingerprint density at radius 2 is 1.94 bits per heavy atom. The molecule has 4 nitrogen and oxygen atoms in total. The van der Waals surface area contributed by atoms with E-state index in [1.54, 1.807) is 17.3 Å². The van der Waals surface area contributed by atoms with Crippen molar-refractivity contribution in [2.75, 3.05) is 17.7 Å². The molecule has 1 aliphatic heterocycles. The minimum Gasteiger partial charge on any atom is -0.472 e. The van der Waals surface area contributed by atoms with E-state index >= 15 is 0 Å². The van der Waals surface area contributed by atoms with Crippen LogP contribution in [-0.2, 0) is 26.0 Å². The second-order valence-electron chi connectivity index (χ2n) is 8.53. The summed E-state index contributed by atoms with van der Waals surface area (Å²) in [5.74, 6) is 1.37. The maximum Gasteiger partial charge on any atom is 0.221 e. The van der Waals surface area contributed by atoms with Gasteiger partial charge in [0, 0.05) is 17.8 Å². The molecule has 0 saturated heterocycles. The summed E-state index contributed by atoms with van der Waals surface area (Å²) < 4.78 is 6.20. The van der Waals surface area contributed by atoms with Crippen molar-refractivity contribution in [1.29, 1.82) is 0 Å². The number of hydrogen-bond donors (Lipinski definition) is 0. The van der Waals surface area contributed by atoms with Crippen LogP contribution in [0.2, 0.25) is 0 Å². The van der Waals surface area contributed by atoms with E-state index in [-0.39, 0.29) is 0 Å². The van der Waals surface area contributed by atoms with Gasteiger partial charge in [0.25, 0.3) is 0 Å². The van der Waals surface area contributed by atoms with Gasteiger partial charge in [0.2, 0.25) is 5.88 Å². The predicted molar refractivity (Wildman–Crippen MR) is 127 cm³/mol. The Hall–Kier alpha value is -2.53. The van der Waals surface area contributed by atoms with Crippen molar-refractivity contribution in [3.63, 3.8) is 0 Å². The van der Waals surface area contributed by atoms with E-state index in [0.717, 1.165) is 41.8 Å². The first kappa shape index (κ1) is 20.4. The summed E-state index contributed by atoms with van der Waals surface area (Å²) in [6.45, 7) is 4.70. The van der Waals surface area contributed by atoms with Crippen molar-refractivity contribution in [3.05, 3.63) is 76.5 Å². The van der Waals surface area contributed by atoms with Crippen LogP contribution in [-0.4, -0.2) is 22.8 Å². The maximum atomic E-state index is 6.20. The van der Waals surface area contributed by atoms with Gasteiger partial charge in [-0.15, -0.1) is 0 Å². The normalized spacial score (nSPS) is 17.7. The number of ether oxygens (including phenoxy) is 1. The average molecular weight is 432 g/mol. The van der Waals surface area contributed by atoms with Gasteiger partial charge in [-0.25, -0.2) is 4.98 Å². The molecule has 0 saturated carbocycles. The summed E-state index contributed by atoms with van der Waals surface area (Å²) in [4.78, 5) is 12.1. The second kappa shape index (κ2) is 8.91.